The number of ketones is 1. The van der Waals surface area contributed by atoms with Crippen molar-refractivity contribution < 1.29 is 9.59 Å². The Hall–Kier alpha value is -1.92. The van der Waals surface area contributed by atoms with Crippen LogP contribution in [-0.2, 0) is 10.2 Å². The van der Waals surface area contributed by atoms with E-state index in [1.54, 1.807) is 20.0 Å². The number of benzene rings is 1. The second-order valence-electron chi connectivity index (χ2n) is 6.79. The van der Waals surface area contributed by atoms with Gasteiger partial charge in [-0.15, -0.1) is 0 Å². The number of hydrogen-bond acceptors (Lipinski definition) is 5. The fourth-order valence-corrected chi connectivity index (χ4v) is 4.83. The van der Waals surface area contributed by atoms with E-state index in [0.717, 1.165) is 35.9 Å². The van der Waals surface area contributed by atoms with E-state index in [-0.39, 0.29) is 17.1 Å². The first-order chi connectivity index (χ1) is 11.9. The number of hydrogen-bond donors (Lipinski definition) is 0. The quantitative estimate of drug-likeness (QED) is 0.752. The van der Waals surface area contributed by atoms with Gasteiger partial charge in [-0.05, 0) is 37.1 Å². The zero-order valence-corrected chi connectivity index (χ0v) is 15.7. The van der Waals surface area contributed by atoms with E-state index in [2.05, 4.69) is 9.88 Å². The molecule has 1 aromatic carbocycles. The fourth-order valence-electron chi connectivity index (χ4n) is 3.92. The lowest BCUT2D eigenvalue weighted by Crippen LogP contribution is -2.36. The van der Waals surface area contributed by atoms with Crippen molar-refractivity contribution in [3.8, 4) is 0 Å². The number of fused-ring (bicyclic) bond motifs is 2. The van der Waals surface area contributed by atoms with Gasteiger partial charge in [-0.25, -0.2) is 4.98 Å². The molecular weight excluding hydrogens is 358 g/mol. The molecule has 1 unspecified atom stereocenters. The van der Waals surface area contributed by atoms with Crippen LogP contribution in [0.3, 0.4) is 0 Å². The Bertz CT molecular complexity index is 881. The van der Waals surface area contributed by atoms with Crippen molar-refractivity contribution in [1.82, 2.24) is 9.88 Å². The average Bonchev–Trinajstić information content (AvgIpc) is 3.26. The van der Waals surface area contributed by atoms with Gasteiger partial charge in [0.25, 0.3) is 0 Å². The van der Waals surface area contributed by atoms with Crippen molar-refractivity contribution in [3.05, 3.63) is 39.9 Å². The van der Waals surface area contributed by atoms with Crippen molar-refractivity contribution in [3.63, 3.8) is 0 Å². The van der Waals surface area contributed by atoms with Gasteiger partial charge in [-0.2, -0.15) is 0 Å². The molecule has 0 N–H and O–H groups in total. The number of nitrogens with zero attached hydrogens (tertiary/aromatic N) is 3. The lowest BCUT2D eigenvalue weighted by Gasteiger charge is -2.25. The number of amides is 1. The summed E-state index contributed by atoms with van der Waals surface area (Å²) < 4.78 is 0.648. The third kappa shape index (κ3) is 2.64. The van der Waals surface area contributed by atoms with Crippen molar-refractivity contribution in [2.24, 2.45) is 0 Å². The summed E-state index contributed by atoms with van der Waals surface area (Å²) in [4.78, 5) is 32.2. The topological polar surface area (TPSA) is 53.5 Å². The summed E-state index contributed by atoms with van der Waals surface area (Å²) in [7, 11) is 0. The summed E-state index contributed by atoms with van der Waals surface area (Å²) >= 11 is 7.52. The first-order valence-corrected chi connectivity index (χ1v) is 9.39. The van der Waals surface area contributed by atoms with E-state index in [4.69, 9.17) is 11.6 Å². The lowest BCUT2D eigenvalue weighted by molar-refractivity contribution is -0.127. The van der Waals surface area contributed by atoms with Crippen molar-refractivity contribution in [1.29, 1.82) is 0 Å². The first-order valence-electron chi connectivity index (χ1n) is 8.19. The van der Waals surface area contributed by atoms with Gasteiger partial charge in [0.1, 0.15) is 4.34 Å². The van der Waals surface area contributed by atoms with Crippen LogP contribution in [0.15, 0.2) is 24.4 Å². The molecule has 130 valence electrons. The van der Waals surface area contributed by atoms with Gasteiger partial charge in [-0.1, -0.05) is 22.9 Å². The normalized spacial score (nSPS) is 21.9. The van der Waals surface area contributed by atoms with E-state index in [0.29, 0.717) is 16.4 Å². The molecular formula is C18H18ClN3O2S. The number of thiazole rings is 1. The monoisotopic (exact) mass is 375 g/mol. The third-order valence-corrected chi connectivity index (χ3v) is 6.36. The first kappa shape index (κ1) is 16.5. The molecule has 0 bridgehead atoms. The zero-order chi connectivity index (χ0) is 17.8. The molecule has 4 rings (SSSR count). The summed E-state index contributed by atoms with van der Waals surface area (Å²) in [6.07, 6.45) is 2.54. The predicted molar refractivity (Wildman–Crippen MR) is 99.1 cm³/mol. The molecule has 1 fully saturated rings. The van der Waals surface area contributed by atoms with Crippen LogP contribution in [0.25, 0.3) is 0 Å². The minimum absolute atomic E-state index is 0.0510. The highest BCUT2D eigenvalue weighted by atomic mass is 35.5. The summed E-state index contributed by atoms with van der Waals surface area (Å²) in [6.45, 7) is 5.35. The van der Waals surface area contributed by atoms with Crippen LogP contribution < -0.4 is 4.90 Å². The van der Waals surface area contributed by atoms with Gasteiger partial charge in [0.15, 0.2) is 10.9 Å². The Morgan fingerprint density at radius 1 is 1.28 bits per heavy atom. The number of carbonyl (C=O) groups excluding carboxylic acids is 2. The molecule has 1 amide bonds. The third-order valence-electron chi connectivity index (χ3n) is 5.22. The summed E-state index contributed by atoms with van der Waals surface area (Å²) in [5.41, 5.74) is 2.74. The minimum atomic E-state index is -0.162. The molecule has 1 atom stereocenters. The van der Waals surface area contributed by atoms with Gasteiger partial charge >= 0.3 is 0 Å². The second kappa shape index (κ2) is 5.81. The molecule has 0 aliphatic carbocycles. The Morgan fingerprint density at radius 2 is 2.08 bits per heavy atom. The van der Waals surface area contributed by atoms with Gasteiger partial charge in [0.2, 0.25) is 5.91 Å². The zero-order valence-electron chi connectivity index (χ0n) is 14.1. The smallest absolute Gasteiger partial charge is 0.219 e. The van der Waals surface area contributed by atoms with Crippen LogP contribution in [-0.4, -0.2) is 41.2 Å². The molecule has 1 spiro atoms. The Morgan fingerprint density at radius 3 is 2.68 bits per heavy atom. The highest BCUT2D eigenvalue weighted by Gasteiger charge is 2.48. The highest BCUT2D eigenvalue weighted by molar-refractivity contribution is 7.19. The maximum absolute atomic E-state index is 11.9. The van der Waals surface area contributed by atoms with E-state index in [9.17, 15) is 9.59 Å². The maximum atomic E-state index is 11.9. The number of halogens is 1. The van der Waals surface area contributed by atoms with Gasteiger partial charge in [-0.3, -0.25) is 9.59 Å². The summed E-state index contributed by atoms with van der Waals surface area (Å²) in [6, 6.07) is 5.85. The number of anilines is 2. The van der Waals surface area contributed by atoms with Crippen molar-refractivity contribution >= 4 is 45.4 Å². The van der Waals surface area contributed by atoms with Crippen LogP contribution in [0.4, 0.5) is 10.8 Å². The molecule has 1 aromatic heterocycles. The van der Waals surface area contributed by atoms with Crippen LogP contribution in [0.1, 0.15) is 36.2 Å². The van der Waals surface area contributed by atoms with E-state index < -0.39 is 0 Å². The van der Waals surface area contributed by atoms with Gasteiger partial charge in [0, 0.05) is 43.2 Å². The number of rotatable bonds is 2. The average molecular weight is 376 g/mol. The number of Topliss-reactive ketones (excluding diaryl/α,β-unsaturated/α-hetero) is 1. The Balaban J connectivity index is 1.82. The molecule has 1 saturated heterocycles. The molecule has 5 nitrogen and oxygen atoms in total. The summed E-state index contributed by atoms with van der Waals surface area (Å²) in [5.74, 6) is 0.145. The predicted octanol–water partition coefficient (Wildman–Crippen LogP) is 3.64. The minimum Gasteiger partial charge on any atom is -0.342 e. The van der Waals surface area contributed by atoms with Gasteiger partial charge < -0.3 is 9.80 Å². The number of aromatic nitrogens is 1. The molecule has 0 saturated carbocycles. The number of likely N-dealkylation sites (tertiary alicyclic amines) is 1. The SMILES string of the molecule is CC(=O)c1ccc2c(c1)C1(CCN(C(C)=O)C1)CN2c1ncc(Cl)s1. The molecule has 2 aliphatic rings. The maximum Gasteiger partial charge on any atom is 0.219 e. The highest BCUT2D eigenvalue weighted by Crippen LogP contribution is 2.50. The van der Waals surface area contributed by atoms with E-state index in [1.807, 2.05) is 23.1 Å². The molecule has 2 aromatic rings. The molecule has 25 heavy (non-hydrogen) atoms. The van der Waals surface area contributed by atoms with E-state index in [1.165, 1.54) is 11.3 Å². The molecule has 7 heteroatoms. The van der Waals surface area contributed by atoms with Crippen LogP contribution in [0.2, 0.25) is 4.34 Å². The van der Waals surface area contributed by atoms with Crippen molar-refractivity contribution in [2.75, 3.05) is 24.5 Å². The Labute approximate surface area is 155 Å². The van der Waals surface area contributed by atoms with Crippen LogP contribution in [0, 0.1) is 0 Å². The lowest BCUT2D eigenvalue weighted by atomic mass is 9.81. The molecule has 3 heterocycles. The fraction of sp³-hybridized carbons (Fsp3) is 0.389. The summed E-state index contributed by atoms with van der Waals surface area (Å²) in [5, 5.41) is 0.847. The van der Waals surface area contributed by atoms with Crippen LogP contribution in [0.5, 0.6) is 0 Å². The Kier molecular flexibility index (Phi) is 3.85. The van der Waals surface area contributed by atoms with Crippen molar-refractivity contribution in [2.45, 2.75) is 25.7 Å². The standard InChI is InChI=1S/C18H18ClN3O2S/c1-11(23)13-3-4-15-14(7-13)18(5-6-21(9-18)12(2)24)10-22(15)17-20-8-16(19)25-17/h3-4,7-8H,5-6,9-10H2,1-2H3. The second-order valence-corrected chi connectivity index (χ2v) is 8.43. The van der Waals surface area contributed by atoms with Gasteiger partial charge in [0.05, 0.1) is 6.20 Å². The largest absolute Gasteiger partial charge is 0.342 e. The van der Waals surface area contributed by atoms with Crippen LogP contribution >= 0.6 is 22.9 Å². The number of carbonyl (C=O) groups is 2. The molecule has 0 radical (unpaired) electrons. The molecule has 2 aliphatic heterocycles. The van der Waals surface area contributed by atoms with E-state index >= 15 is 0 Å².